The molecule has 1 spiro atoms. The number of hydrogen-bond donors (Lipinski definition) is 1. The highest BCUT2D eigenvalue weighted by molar-refractivity contribution is 6.46. The first-order valence-electron chi connectivity index (χ1n) is 7.84. The van der Waals surface area contributed by atoms with Crippen LogP contribution in [0.5, 0.6) is 0 Å². The summed E-state index contributed by atoms with van der Waals surface area (Å²) < 4.78 is 11.0. The van der Waals surface area contributed by atoms with Gasteiger partial charge in [-0.1, -0.05) is 6.42 Å². The van der Waals surface area contributed by atoms with Gasteiger partial charge in [0.2, 0.25) is 5.91 Å². The van der Waals surface area contributed by atoms with E-state index >= 15 is 0 Å². The summed E-state index contributed by atoms with van der Waals surface area (Å²) in [6.07, 6.45) is 2.75. The first-order chi connectivity index (χ1) is 9.98. The number of carbonyl (C=O) groups excluding carboxylic acids is 2. The highest BCUT2D eigenvalue weighted by atomic mass is 16.6. The Labute approximate surface area is 125 Å². The molecule has 6 nitrogen and oxygen atoms in total. The minimum Gasteiger partial charge on any atom is -0.509 e. The van der Waals surface area contributed by atoms with Crippen molar-refractivity contribution in [1.82, 2.24) is 4.90 Å². The minimum atomic E-state index is -0.518. The second-order valence-electron chi connectivity index (χ2n) is 6.59. The number of likely N-dealkylation sites (tertiary alicyclic amines) is 1. The predicted octanol–water partition coefficient (Wildman–Crippen LogP) is 0.270. The molecule has 2 N–H and O–H groups in total. The van der Waals surface area contributed by atoms with E-state index in [1.54, 1.807) is 11.8 Å². The van der Waals surface area contributed by atoms with E-state index in [1.165, 1.54) is 0 Å². The normalized spacial score (nSPS) is 36.2. The third kappa shape index (κ3) is 2.46. The van der Waals surface area contributed by atoms with Gasteiger partial charge in [-0.3, -0.25) is 9.59 Å². The molecule has 0 aromatic heterocycles. The second-order valence-corrected chi connectivity index (χ2v) is 6.59. The standard InChI is InChI=1S/C14H23BN2O4/c1-3-20-15-5-4-10-6-14(10)8-17(12(18)9(2)16)7-11(14)13(19)21-15/h9-11H,3-8,16H2,1-2H3/t9-,10?,11-,14?/m0/s1. The van der Waals surface area contributed by atoms with Gasteiger partial charge in [0.25, 0.3) is 5.97 Å². The monoisotopic (exact) mass is 294 g/mol. The lowest BCUT2D eigenvalue weighted by atomic mass is 9.77. The van der Waals surface area contributed by atoms with Gasteiger partial charge in [0.05, 0.1) is 12.0 Å². The van der Waals surface area contributed by atoms with Gasteiger partial charge in [0, 0.05) is 25.1 Å². The molecule has 2 aliphatic heterocycles. The zero-order valence-corrected chi connectivity index (χ0v) is 12.7. The van der Waals surface area contributed by atoms with Gasteiger partial charge in [-0.05, 0) is 32.5 Å². The molecule has 3 rings (SSSR count). The first-order valence-corrected chi connectivity index (χ1v) is 7.84. The average Bonchev–Trinajstić information content (AvgIpc) is 2.95. The Balaban J connectivity index is 1.75. The summed E-state index contributed by atoms with van der Waals surface area (Å²) in [5.41, 5.74) is 5.64. The van der Waals surface area contributed by atoms with Crippen LogP contribution < -0.4 is 5.73 Å². The van der Waals surface area contributed by atoms with Gasteiger partial charge in [0.15, 0.2) is 0 Å². The van der Waals surface area contributed by atoms with E-state index in [0.717, 1.165) is 19.2 Å². The largest absolute Gasteiger partial charge is 0.527 e. The third-order valence-corrected chi connectivity index (χ3v) is 5.20. The van der Waals surface area contributed by atoms with Crippen LogP contribution in [0.4, 0.5) is 0 Å². The van der Waals surface area contributed by atoms with Gasteiger partial charge >= 0.3 is 7.12 Å². The fourth-order valence-electron chi connectivity index (χ4n) is 4.02. The second kappa shape index (κ2) is 5.28. The number of carbonyl (C=O) groups is 2. The van der Waals surface area contributed by atoms with Gasteiger partial charge < -0.3 is 19.9 Å². The average molecular weight is 294 g/mol. The van der Waals surface area contributed by atoms with Crippen molar-refractivity contribution in [1.29, 1.82) is 0 Å². The Morgan fingerprint density at radius 2 is 2.43 bits per heavy atom. The molecular formula is C14H23BN2O4. The molecular weight excluding hydrogens is 271 g/mol. The van der Waals surface area contributed by atoms with Crippen LogP contribution in [0, 0.1) is 17.3 Å². The maximum absolute atomic E-state index is 12.4. The van der Waals surface area contributed by atoms with Crippen molar-refractivity contribution in [3.63, 3.8) is 0 Å². The highest BCUT2D eigenvalue weighted by Gasteiger charge is 2.66. The van der Waals surface area contributed by atoms with E-state index in [1.807, 2.05) is 6.92 Å². The van der Waals surface area contributed by atoms with Crippen molar-refractivity contribution >= 4 is 19.0 Å². The van der Waals surface area contributed by atoms with Crippen LogP contribution in [0.3, 0.4) is 0 Å². The van der Waals surface area contributed by atoms with E-state index < -0.39 is 13.2 Å². The molecule has 1 amide bonds. The van der Waals surface area contributed by atoms with E-state index in [4.69, 9.17) is 15.0 Å². The van der Waals surface area contributed by atoms with Crippen LogP contribution in [0.2, 0.25) is 6.32 Å². The van der Waals surface area contributed by atoms with Crippen molar-refractivity contribution in [2.45, 2.75) is 39.1 Å². The Bertz CT molecular complexity index is 458. The fraction of sp³-hybridized carbons (Fsp3) is 0.857. The summed E-state index contributed by atoms with van der Waals surface area (Å²) >= 11 is 0. The molecule has 2 heterocycles. The van der Waals surface area contributed by atoms with Crippen molar-refractivity contribution in [2.24, 2.45) is 23.0 Å². The smallest absolute Gasteiger partial charge is 0.509 e. The quantitative estimate of drug-likeness (QED) is 0.756. The number of amides is 1. The molecule has 2 saturated heterocycles. The number of rotatable bonds is 3. The molecule has 0 aromatic carbocycles. The minimum absolute atomic E-state index is 0.0567. The first kappa shape index (κ1) is 14.8. The van der Waals surface area contributed by atoms with Crippen molar-refractivity contribution in [2.75, 3.05) is 19.7 Å². The van der Waals surface area contributed by atoms with Gasteiger partial charge in [-0.15, -0.1) is 0 Å². The molecule has 2 unspecified atom stereocenters. The molecule has 21 heavy (non-hydrogen) atoms. The lowest BCUT2D eigenvalue weighted by molar-refractivity contribution is -0.142. The summed E-state index contributed by atoms with van der Waals surface area (Å²) in [4.78, 5) is 26.3. The number of nitrogens with zero attached hydrogens (tertiary/aromatic N) is 1. The number of nitrogens with two attached hydrogens (primary N) is 1. The van der Waals surface area contributed by atoms with Gasteiger partial charge in [0.1, 0.15) is 0 Å². The van der Waals surface area contributed by atoms with Crippen molar-refractivity contribution in [3.8, 4) is 0 Å². The van der Waals surface area contributed by atoms with Crippen molar-refractivity contribution in [3.05, 3.63) is 0 Å². The van der Waals surface area contributed by atoms with E-state index in [0.29, 0.717) is 25.6 Å². The Kier molecular flexibility index (Phi) is 3.73. The molecule has 0 bridgehead atoms. The Morgan fingerprint density at radius 3 is 3.10 bits per heavy atom. The van der Waals surface area contributed by atoms with Gasteiger partial charge in [-0.25, -0.2) is 0 Å². The lowest BCUT2D eigenvalue weighted by Gasteiger charge is -2.23. The van der Waals surface area contributed by atoms with Crippen LogP contribution in [0.25, 0.3) is 0 Å². The maximum Gasteiger partial charge on any atom is 0.527 e. The highest BCUT2D eigenvalue weighted by Crippen LogP contribution is 2.64. The molecule has 3 fully saturated rings. The van der Waals surface area contributed by atoms with E-state index in [9.17, 15) is 9.59 Å². The Hall–Kier alpha value is -1.08. The van der Waals surface area contributed by atoms with Crippen molar-refractivity contribution < 1.29 is 18.9 Å². The van der Waals surface area contributed by atoms with E-state index in [2.05, 4.69) is 0 Å². The predicted molar refractivity (Wildman–Crippen MR) is 77.2 cm³/mol. The summed E-state index contributed by atoms with van der Waals surface area (Å²) in [5, 5.41) is 0. The maximum atomic E-state index is 12.4. The zero-order valence-electron chi connectivity index (χ0n) is 12.7. The number of hydrogen-bond acceptors (Lipinski definition) is 5. The van der Waals surface area contributed by atoms with Gasteiger partial charge in [-0.2, -0.15) is 0 Å². The molecule has 3 aliphatic rings. The fourth-order valence-corrected chi connectivity index (χ4v) is 4.02. The van der Waals surface area contributed by atoms with Crippen LogP contribution >= 0.6 is 0 Å². The summed E-state index contributed by atoms with van der Waals surface area (Å²) in [6.45, 7) is 5.21. The van der Waals surface area contributed by atoms with E-state index in [-0.39, 0.29) is 23.2 Å². The summed E-state index contributed by atoms with van der Waals surface area (Å²) in [5.74, 6) is 0.00389. The van der Waals surface area contributed by atoms with Crippen LogP contribution in [-0.2, 0) is 18.9 Å². The van der Waals surface area contributed by atoms with Crippen LogP contribution in [-0.4, -0.2) is 49.6 Å². The molecule has 4 atom stereocenters. The topological polar surface area (TPSA) is 81.9 Å². The van der Waals surface area contributed by atoms with Crippen LogP contribution in [0.15, 0.2) is 0 Å². The molecule has 1 aliphatic carbocycles. The third-order valence-electron chi connectivity index (χ3n) is 5.20. The lowest BCUT2D eigenvalue weighted by Crippen LogP contribution is -2.41. The zero-order chi connectivity index (χ0) is 15.2. The Morgan fingerprint density at radius 1 is 1.67 bits per heavy atom. The SMILES string of the molecule is CCOB1CCC2CC23CN(C(=O)[C@H](C)N)C[C@H]3C(=O)O1. The molecule has 1 saturated carbocycles. The summed E-state index contributed by atoms with van der Waals surface area (Å²) in [6, 6.07) is -0.518. The summed E-state index contributed by atoms with van der Waals surface area (Å²) in [7, 11) is -0.431. The van der Waals surface area contributed by atoms with Crippen LogP contribution in [0.1, 0.15) is 26.7 Å². The molecule has 0 radical (unpaired) electrons. The molecule has 0 aromatic rings. The molecule has 116 valence electrons. The molecule has 7 heteroatoms.